The lowest BCUT2D eigenvalue weighted by atomic mass is 9.97. The Morgan fingerprint density at radius 2 is 1.76 bits per heavy atom. The average molecular weight is 270 g/mol. The predicted octanol–water partition coefficient (Wildman–Crippen LogP) is 4.48. The summed E-state index contributed by atoms with van der Waals surface area (Å²) in [6.07, 6.45) is 7.65. The van der Waals surface area contributed by atoms with Crippen LogP contribution >= 0.6 is 23.4 Å². The molecule has 1 saturated carbocycles. The van der Waals surface area contributed by atoms with Crippen molar-refractivity contribution in [3.05, 3.63) is 29.3 Å². The van der Waals surface area contributed by atoms with Crippen molar-refractivity contribution in [3.8, 4) is 0 Å². The van der Waals surface area contributed by atoms with Crippen LogP contribution in [0.3, 0.4) is 0 Å². The molecule has 1 fully saturated rings. The van der Waals surface area contributed by atoms with E-state index in [2.05, 4.69) is 6.07 Å². The Bertz CT molecular complexity index is 356. The maximum Gasteiger partial charge on any atom is 0.0541 e. The van der Waals surface area contributed by atoms with Gasteiger partial charge in [0.05, 0.1) is 5.02 Å². The molecule has 0 aliphatic heterocycles. The molecule has 1 aliphatic carbocycles. The van der Waals surface area contributed by atoms with E-state index in [1.54, 1.807) is 0 Å². The first-order valence-electron chi connectivity index (χ1n) is 6.44. The van der Waals surface area contributed by atoms with Gasteiger partial charge in [-0.05, 0) is 25.0 Å². The number of rotatable bonds is 2. The van der Waals surface area contributed by atoms with Gasteiger partial charge in [0.25, 0.3) is 0 Å². The fourth-order valence-corrected chi connectivity index (χ4v) is 3.86. The molecule has 1 nitrogen and oxygen atoms in total. The summed E-state index contributed by atoms with van der Waals surface area (Å²) in [7, 11) is 0. The van der Waals surface area contributed by atoms with Crippen LogP contribution in [0.5, 0.6) is 0 Å². The van der Waals surface area contributed by atoms with Crippen molar-refractivity contribution in [3.63, 3.8) is 0 Å². The van der Waals surface area contributed by atoms with Crippen LogP contribution in [0.15, 0.2) is 29.2 Å². The van der Waals surface area contributed by atoms with E-state index >= 15 is 0 Å². The second kappa shape index (κ2) is 6.67. The molecule has 0 radical (unpaired) electrons. The summed E-state index contributed by atoms with van der Waals surface area (Å²) >= 11 is 8.07. The first-order chi connectivity index (χ1) is 8.27. The molecule has 2 unspecified atom stereocenters. The largest absolute Gasteiger partial charge is 0.327 e. The van der Waals surface area contributed by atoms with Crippen molar-refractivity contribution < 1.29 is 0 Å². The fraction of sp³-hybridized carbons (Fsp3) is 0.571. The highest BCUT2D eigenvalue weighted by Gasteiger charge is 2.21. The Hall–Kier alpha value is -0.180. The molecular formula is C14H20ClNS. The van der Waals surface area contributed by atoms with Gasteiger partial charge in [0, 0.05) is 16.2 Å². The van der Waals surface area contributed by atoms with Crippen molar-refractivity contribution in [2.75, 3.05) is 0 Å². The molecule has 2 rings (SSSR count). The average Bonchev–Trinajstić information content (AvgIpc) is 2.31. The van der Waals surface area contributed by atoms with Crippen LogP contribution in [0.25, 0.3) is 0 Å². The lowest BCUT2D eigenvalue weighted by Crippen LogP contribution is -2.33. The number of thioether (sulfide) groups is 1. The molecule has 2 atom stereocenters. The van der Waals surface area contributed by atoms with Crippen LogP contribution in [0.1, 0.15) is 38.5 Å². The van der Waals surface area contributed by atoms with Crippen LogP contribution < -0.4 is 5.73 Å². The van der Waals surface area contributed by atoms with Gasteiger partial charge >= 0.3 is 0 Å². The fourth-order valence-electron chi connectivity index (χ4n) is 2.33. The number of halogens is 1. The minimum atomic E-state index is 0.316. The normalized spacial score (nSPS) is 26.2. The standard InChI is InChI=1S/C14H20ClNS/c15-11-7-5-6-9-13(11)17-14-10-4-2-1-3-8-12(14)16/h5-7,9,12,14H,1-4,8,10,16H2. The third-order valence-corrected chi connectivity index (χ3v) is 5.31. The maximum atomic E-state index is 6.28. The van der Waals surface area contributed by atoms with E-state index in [4.69, 9.17) is 17.3 Å². The van der Waals surface area contributed by atoms with Gasteiger partial charge in [-0.1, -0.05) is 49.4 Å². The minimum absolute atomic E-state index is 0.316. The highest BCUT2D eigenvalue weighted by atomic mass is 35.5. The van der Waals surface area contributed by atoms with Crippen molar-refractivity contribution >= 4 is 23.4 Å². The molecule has 0 bridgehead atoms. The van der Waals surface area contributed by atoms with Gasteiger partial charge in [-0.2, -0.15) is 0 Å². The Labute approximate surface area is 113 Å². The first-order valence-corrected chi connectivity index (χ1v) is 7.70. The van der Waals surface area contributed by atoms with E-state index in [1.807, 2.05) is 30.0 Å². The maximum absolute atomic E-state index is 6.28. The molecule has 0 amide bonds. The van der Waals surface area contributed by atoms with Crippen LogP contribution in [-0.4, -0.2) is 11.3 Å². The third-order valence-electron chi connectivity index (χ3n) is 3.37. The predicted molar refractivity (Wildman–Crippen MR) is 76.8 cm³/mol. The summed E-state index contributed by atoms with van der Waals surface area (Å²) in [6, 6.07) is 8.39. The summed E-state index contributed by atoms with van der Waals surface area (Å²) < 4.78 is 0. The van der Waals surface area contributed by atoms with E-state index in [1.165, 1.54) is 37.0 Å². The summed E-state index contributed by atoms with van der Waals surface area (Å²) in [6.45, 7) is 0. The molecular weight excluding hydrogens is 250 g/mol. The second-order valence-corrected chi connectivity index (χ2v) is 6.43. The zero-order chi connectivity index (χ0) is 12.1. The van der Waals surface area contributed by atoms with Crippen molar-refractivity contribution in [1.82, 2.24) is 0 Å². The molecule has 3 heteroatoms. The zero-order valence-electron chi connectivity index (χ0n) is 10.1. The molecule has 17 heavy (non-hydrogen) atoms. The van der Waals surface area contributed by atoms with E-state index in [9.17, 15) is 0 Å². The molecule has 94 valence electrons. The number of hydrogen-bond donors (Lipinski definition) is 1. The highest BCUT2D eigenvalue weighted by molar-refractivity contribution is 8.00. The van der Waals surface area contributed by atoms with Gasteiger partial charge in [0.1, 0.15) is 0 Å². The van der Waals surface area contributed by atoms with E-state index < -0.39 is 0 Å². The lowest BCUT2D eigenvalue weighted by Gasteiger charge is -2.26. The van der Waals surface area contributed by atoms with Gasteiger partial charge in [-0.15, -0.1) is 11.8 Å². The number of hydrogen-bond acceptors (Lipinski definition) is 2. The quantitative estimate of drug-likeness (QED) is 0.857. The molecule has 1 aromatic carbocycles. The van der Waals surface area contributed by atoms with Crippen molar-refractivity contribution in [1.29, 1.82) is 0 Å². The molecule has 0 saturated heterocycles. The SMILES string of the molecule is NC1CCCCCCC1Sc1ccccc1Cl. The molecule has 1 aliphatic rings. The summed E-state index contributed by atoms with van der Waals surface area (Å²) in [4.78, 5) is 1.18. The number of benzene rings is 1. The van der Waals surface area contributed by atoms with Crippen LogP contribution in [0.2, 0.25) is 5.02 Å². The Kier molecular flexibility index (Phi) is 5.20. The molecule has 0 heterocycles. The summed E-state index contributed by atoms with van der Waals surface area (Å²) in [5.74, 6) is 0. The van der Waals surface area contributed by atoms with Gasteiger partial charge in [-0.3, -0.25) is 0 Å². The second-order valence-electron chi connectivity index (χ2n) is 4.74. The van der Waals surface area contributed by atoms with Crippen LogP contribution in [0, 0.1) is 0 Å². The van der Waals surface area contributed by atoms with Crippen molar-refractivity contribution in [2.24, 2.45) is 5.73 Å². The Balaban J connectivity index is 2.02. The van der Waals surface area contributed by atoms with E-state index in [0.717, 1.165) is 11.4 Å². The van der Waals surface area contributed by atoms with Crippen molar-refractivity contribution in [2.45, 2.75) is 54.7 Å². The topological polar surface area (TPSA) is 26.0 Å². The number of nitrogens with two attached hydrogens (primary N) is 1. The summed E-state index contributed by atoms with van der Waals surface area (Å²) in [5.41, 5.74) is 6.28. The lowest BCUT2D eigenvalue weighted by molar-refractivity contribution is 0.463. The van der Waals surface area contributed by atoms with Crippen LogP contribution in [0.4, 0.5) is 0 Å². The van der Waals surface area contributed by atoms with Gasteiger partial charge in [0.15, 0.2) is 0 Å². The Morgan fingerprint density at radius 1 is 1.06 bits per heavy atom. The van der Waals surface area contributed by atoms with Crippen LogP contribution in [-0.2, 0) is 0 Å². The van der Waals surface area contributed by atoms with Gasteiger partial charge in [-0.25, -0.2) is 0 Å². The van der Waals surface area contributed by atoms with Gasteiger partial charge in [0.2, 0.25) is 0 Å². The van der Waals surface area contributed by atoms with Gasteiger partial charge < -0.3 is 5.73 Å². The minimum Gasteiger partial charge on any atom is -0.327 e. The highest BCUT2D eigenvalue weighted by Crippen LogP contribution is 2.35. The zero-order valence-corrected chi connectivity index (χ0v) is 11.6. The molecule has 1 aromatic rings. The van der Waals surface area contributed by atoms with E-state index in [-0.39, 0.29) is 0 Å². The smallest absolute Gasteiger partial charge is 0.0541 e. The third kappa shape index (κ3) is 3.90. The molecule has 0 spiro atoms. The molecule has 2 N–H and O–H groups in total. The molecule has 0 aromatic heterocycles. The first kappa shape index (κ1) is 13.3. The summed E-state index contributed by atoms with van der Waals surface area (Å²) in [5, 5.41) is 1.38. The van der Waals surface area contributed by atoms with E-state index in [0.29, 0.717) is 11.3 Å². The monoisotopic (exact) mass is 269 g/mol. The Morgan fingerprint density at radius 3 is 2.53 bits per heavy atom.